The average molecular weight is 220 g/mol. The van der Waals surface area contributed by atoms with Crippen LogP contribution in [0.3, 0.4) is 0 Å². The number of carboxylic acid groups (broad SMARTS) is 1. The maximum absolute atomic E-state index is 12.6. The molecule has 0 saturated heterocycles. The number of alkyl halides is 3. The molecule has 2 unspecified atom stereocenters. The summed E-state index contributed by atoms with van der Waals surface area (Å²) in [6.07, 6.45) is -1.99. The van der Waals surface area contributed by atoms with Crippen LogP contribution in [0.4, 0.5) is 13.2 Å². The first-order chi connectivity index (χ1) is 6.73. The molecule has 84 valence electrons. The summed E-state index contributed by atoms with van der Waals surface area (Å²) in [5.41, 5.74) is -0.0181. The van der Waals surface area contributed by atoms with Crippen LogP contribution in [-0.4, -0.2) is 17.3 Å². The summed E-state index contributed by atoms with van der Waals surface area (Å²) in [4.78, 5) is 10.7. The predicted octanol–water partition coefficient (Wildman–Crippen LogP) is 2.77. The largest absolute Gasteiger partial charge is 0.478 e. The fourth-order valence-electron chi connectivity index (χ4n) is 1.85. The molecule has 0 saturated carbocycles. The van der Waals surface area contributed by atoms with Crippen LogP contribution in [0.2, 0.25) is 0 Å². The molecule has 0 bridgehead atoms. The minimum absolute atomic E-state index is 0.556. The van der Waals surface area contributed by atoms with Gasteiger partial charge in [-0.15, -0.1) is 0 Å². The zero-order valence-corrected chi connectivity index (χ0v) is 8.30. The second-order valence-electron chi connectivity index (χ2n) is 3.69. The fourth-order valence-corrected chi connectivity index (χ4v) is 1.85. The molecule has 2 atom stereocenters. The van der Waals surface area contributed by atoms with Gasteiger partial charge < -0.3 is 5.11 Å². The Morgan fingerprint density at radius 2 is 2.00 bits per heavy atom. The molecule has 0 aromatic rings. The van der Waals surface area contributed by atoms with Crippen LogP contribution in [0.5, 0.6) is 0 Å². The molecule has 15 heavy (non-hydrogen) atoms. The van der Waals surface area contributed by atoms with Crippen LogP contribution < -0.4 is 0 Å². The quantitative estimate of drug-likeness (QED) is 0.737. The summed E-state index contributed by atoms with van der Waals surface area (Å²) in [6, 6.07) is 0. The van der Waals surface area contributed by atoms with Gasteiger partial charge in [-0.2, -0.15) is 13.2 Å². The summed E-state index contributed by atoms with van der Waals surface area (Å²) >= 11 is 0. The van der Waals surface area contributed by atoms with Crippen molar-refractivity contribution in [3.63, 3.8) is 0 Å². The molecular weight excluding hydrogens is 209 g/mol. The van der Waals surface area contributed by atoms with Crippen molar-refractivity contribution in [2.24, 2.45) is 11.8 Å². The van der Waals surface area contributed by atoms with E-state index >= 15 is 0 Å². The van der Waals surface area contributed by atoms with Crippen molar-refractivity contribution in [2.45, 2.75) is 20.0 Å². The Morgan fingerprint density at radius 1 is 1.47 bits per heavy atom. The van der Waals surface area contributed by atoms with Crippen LogP contribution in [0.1, 0.15) is 13.8 Å². The first kappa shape index (κ1) is 11.8. The molecule has 0 aliphatic heterocycles. The van der Waals surface area contributed by atoms with E-state index in [-0.39, 0.29) is 0 Å². The molecule has 1 aliphatic rings. The SMILES string of the molecule is CC1=CC(C)C(C(F)(F)F)C(C(=O)O)=C1. The number of rotatable bonds is 1. The second kappa shape index (κ2) is 3.72. The Kier molecular flexibility index (Phi) is 2.93. The van der Waals surface area contributed by atoms with Gasteiger partial charge in [0, 0.05) is 5.57 Å². The molecule has 2 nitrogen and oxygen atoms in total. The van der Waals surface area contributed by atoms with Crippen molar-refractivity contribution in [2.75, 3.05) is 0 Å². The third-order valence-electron chi connectivity index (χ3n) is 2.37. The average Bonchev–Trinajstić information content (AvgIpc) is 1.99. The van der Waals surface area contributed by atoms with Crippen LogP contribution in [-0.2, 0) is 4.79 Å². The maximum atomic E-state index is 12.6. The Balaban J connectivity index is 3.16. The van der Waals surface area contributed by atoms with Crippen molar-refractivity contribution in [1.29, 1.82) is 0 Å². The number of hydrogen-bond donors (Lipinski definition) is 1. The van der Waals surface area contributed by atoms with Crippen LogP contribution in [0.15, 0.2) is 23.3 Å². The van der Waals surface area contributed by atoms with Gasteiger partial charge >= 0.3 is 12.1 Å². The Labute approximate surface area is 85.1 Å². The molecule has 1 aliphatic carbocycles. The molecule has 5 heteroatoms. The maximum Gasteiger partial charge on any atom is 0.396 e. The predicted molar refractivity (Wildman–Crippen MR) is 48.2 cm³/mol. The summed E-state index contributed by atoms with van der Waals surface area (Å²) in [6.45, 7) is 2.96. The van der Waals surface area contributed by atoms with Crippen molar-refractivity contribution < 1.29 is 23.1 Å². The highest BCUT2D eigenvalue weighted by molar-refractivity contribution is 5.88. The normalized spacial score (nSPS) is 27.0. The van der Waals surface area contributed by atoms with Crippen LogP contribution in [0, 0.1) is 11.8 Å². The van der Waals surface area contributed by atoms with Crippen LogP contribution in [0.25, 0.3) is 0 Å². The van der Waals surface area contributed by atoms with E-state index in [2.05, 4.69) is 0 Å². The number of carboxylic acids is 1. The highest BCUT2D eigenvalue weighted by Gasteiger charge is 2.47. The van der Waals surface area contributed by atoms with Gasteiger partial charge in [0.25, 0.3) is 0 Å². The minimum atomic E-state index is -4.51. The van der Waals surface area contributed by atoms with Gasteiger partial charge in [0.05, 0.1) is 5.92 Å². The highest BCUT2D eigenvalue weighted by Crippen LogP contribution is 2.41. The number of halogens is 3. The molecule has 1 N–H and O–H groups in total. The van der Waals surface area contributed by atoms with E-state index in [1.54, 1.807) is 6.92 Å². The third kappa shape index (κ3) is 2.40. The van der Waals surface area contributed by atoms with Gasteiger partial charge in [0.2, 0.25) is 0 Å². The Morgan fingerprint density at radius 3 is 2.40 bits per heavy atom. The Hall–Kier alpha value is -1.26. The number of aliphatic carboxylic acids is 1. The molecular formula is C10H11F3O2. The molecule has 0 amide bonds. The molecule has 0 fully saturated rings. The molecule has 0 aromatic carbocycles. The first-order valence-corrected chi connectivity index (χ1v) is 4.43. The van der Waals surface area contributed by atoms with Gasteiger partial charge in [-0.25, -0.2) is 4.79 Å². The van der Waals surface area contributed by atoms with Crippen molar-refractivity contribution in [3.05, 3.63) is 23.3 Å². The molecule has 0 heterocycles. The van der Waals surface area contributed by atoms with Crippen molar-refractivity contribution >= 4 is 5.97 Å². The van der Waals surface area contributed by atoms with Gasteiger partial charge in [-0.1, -0.05) is 18.6 Å². The van der Waals surface area contributed by atoms with Gasteiger partial charge in [0.1, 0.15) is 0 Å². The lowest BCUT2D eigenvalue weighted by atomic mass is 9.80. The third-order valence-corrected chi connectivity index (χ3v) is 2.37. The van der Waals surface area contributed by atoms with E-state index in [4.69, 9.17) is 5.11 Å². The van der Waals surface area contributed by atoms with Gasteiger partial charge in [0.15, 0.2) is 0 Å². The Bertz CT molecular complexity index is 339. The molecule has 0 radical (unpaired) electrons. The zero-order chi connectivity index (χ0) is 11.8. The first-order valence-electron chi connectivity index (χ1n) is 4.43. The summed E-state index contributed by atoms with van der Waals surface area (Å²) in [5, 5.41) is 8.71. The number of hydrogen-bond acceptors (Lipinski definition) is 1. The topological polar surface area (TPSA) is 37.3 Å². The summed E-state index contributed by atoms with van der Waals surface area (Å²) in [7, 11) is 0. The van der Waals surface area contributed by atoms with Gasteiger partial charge in [-0.05, 0) is 18.9 Å². The number of carbonyl (C=O) groups is 1. The van der Waals surface area contributed by atoms with E-state index in [0.29, 0.717) is 5.57 Å². The summed E-state index contributed by atoms with van der Waals surface area (Å²) in [5.74, 6) is -4.24. The molecule has 0 aromatic heterocycles. The van der Waals surface area contributed by atoms with Crippen LogP contribution >= 0.6 is 0 Å². The lowest BCUT2D eigenvalue weighted by molar-refractivity contribution is -0.177. The van der Waals surface area contributed by atoms with E-state index in [9.17, 15) is 18.0 Å². The molecule has 1 rings (SSSR count). The summed E-state index contributed by atoms with van der Waals surface area (Å²) < 4.78 is 37.8. The lowest BCUT2D eigenvalue weighted by Crippen LogP contribution is -2.34. The van der Waals surface area contributed by atoms with E-state index in [1.165, 1.54) is 13.0 Å². The lowest BCUT2D eigenvalue weighted by Gasteiger charge is -2.28. The van der Waals surface area contributed by atoms with E-state index < -0.39 is 29.6 Å². The van der Waals surface area contributed by atoms with Crippen molar-refractivity contribution in [3.8, 4) is 0 Å². The monoisotopic (exact) mass is 220 g/mol. The standard InChI is InChI=1S/C10H11F3O2/c1-5-3-6(2)8(10(11,12)13)7(4-5)9(14)15/h3-4,6,8H,1-2H3,(H,14,15). The van der Waals surface area contributed by atoms with Gasteiger partial charge in [-0.3, -0.25) is 0 Å². The van der Waals surface area contributed by atoms with Crippen molar-refractivity contribution in [1.82, 2.24) is 0 Å². The molecule has 0 spiro atoms. The smallest absolute Gasteiger partial charge is 0.396 e. The second-order valence-corrected chi connectivity index (χ2v) is 3.69. The fraction of sp³-hybridized carbons (Fsp3) is 0.500. The zero-order valence-electron chi connectivity index (χ0n) is 8.30. The highest BCUT2D eigenvalue weighted by atomic mass is 19.4. The number of allylic oxidation sites excluding steroid dienone is 3. The van der Waals surface area contributed by atoms with E-state index in [0.717, 1.165) is 6.08 Å². The minimum Gasteiger partial charge on any atom is -0.478 e. The van der Waals surface area contributed by atoms with E-state index in [1.807, 2.05) is 0 Å².